The van der Waals surface area contributed by atoms with Crippen LogP contribution in [-0.2, 0) is 4.79 Å². The molecule has 0 aliphatic heterocycles. The van der Waals surface area contributed by atoms with Crippen LogP contribution in [0.3, 0.4) is 0 Å². The monoisotopic (exact) mass is 96.0 g/mol. The van der Waals surface area contributed by atoms with Crippen molar-refractivity contribution in [1.29, 1.82) is 0 Å². The van der Waals surface area contributed by atoms with Crippen molar-refractivity contribution in [3.63, 3.8) is 0 Å². The summed E-state index contributed by atoms with van der Waals surface area (Å²) in [5.41, 5.74) is 1.42. The molecule has 0 aliphatic carbocycles. The number of hydrogen-bond acceptors (Lipinski definition) is 1. The average molecular weight is 96.5 g/mol. The maximum atomic E-state index is 8.64. The molecule has 24 valence electrons. The van der Waals surface area contributed by atoms with E-state index in [0.717, 1.165) is 0 Å². The summed E-state index contributed by atoms with van der Waals surface area (Å²) in [5.74, 6) is 0. The van der Waals surface area contributed by atoms with Crippen LogP contribution in [0.25, 0.3) is 0 Å². The molecular weight excluding hydrogens is 94.4 g/mol. The Hall–Kier alpha value is 0.170. The van der Waals surface area contributed by atoms with Crippen LogP contribution in [0.15, 0.2) is 0 Å². The number of carbonyl (C=O) groups excluding carboxylic acids is 1. The van der Waals surface area contributed by atoms with Crippen molar-refractivity contribution < 1.29 is 17.2 Å². The summed E-state index contributed by atoms with van der Waals surface area (Å²) in [6.45, 7) is 0. The number of rotatable bonds is 0. The first kappa shape index (κ1) is 8.90. The first-order chi connectivity index (χ1) is 1.41. The Morgan fingerprint density at radius 3 is 1.75 bits per heavy atom. The van der Waals surface area contributed by atoms with E-state index >= 15 is 0 Å². The Morgan fingerprint density at radius 1 is 1.75 bits per heavy atom. The molecule has 0 heterocycles. The first-order valence-corrected chi connectivity index (χ1v) is 1.07. The van der Waals surface area contributed by atoms with Crippen molar-refractivity contribution >= 4 is 14.5 Å². The van der Waals surface area contributed by atoms with Crippen molar-refractivity contribution in [2.75, 3.05) is 0 Å². The van der Waals surface area contributed by atoms with Gasteiger partial charge in [0.15, 0.2) is 8.86 Å². The van der Waals surface area contributed by atoms with Crippen LogP contribution in [0.2, 0.25) is 0 Å². The Morgan fingerprint density at radius 2 is 1.75 bits per heavy atom. The molecule has 0 fully saturated rings. The second-order valence-electron chi connectivity index (χ2n) is 0.118. The molecule has 0 bridgehead atoms. The lowest BCUT2D eigenvalue weighted by Gasteiger charge is -1.00. The van der Waals surface area contributed by atoms with Gasteiger partial charge in [0, 0.05) is 0 Å². The van der Waals surface area contributed by atoms with Gasteiger partial charge in [-0.3, -0.25) is 0 Å². The summed E-state index contributed by atoms with van der Waals surface area (Å²) in [5, 5.41) is 0. The van der Waals surface area contributed by atoms with Gasteiger partial charge in [0.1, 0.15) is 0 Å². The van der Waals surface area contributed by atoms with Crippen LogP contribution in [0.5, 0.6) is 0 Å². The van der Waals surface area contributed by atoms with Gasteiger partial charge < -0.3 is 12.4 Å². The lowest BCUT2D eigenvalue weighted by atomic mass is 11.9. The average Bonchev–Trinajstić information content (AvgIpc) is 0.918. The summed E-state index contributed by atoms with van der Waals surface area (Å²) < 4.78 is 0. The van der Waals surface area contributed by atoms with E-state index in [2.05, 4.69) is 0 Å². The van der Waals surface area contributed by atoms with Gasteiger partial charge in [0.05, 0.1) is 0 Å². The second-order valence-corrected chi connectivity index (χ2v) is 0.354. The van der Waals surface area contributed by atoms with E-state index in [1.807, 2.05) is 0 Å². The summed E-state index contributed by atoms with van der Waals surface area (Å²) >= 11 is 0. The molecule has 0 saturated carbocycles. The highest BCUT2D eigenvalue weighted by Gasteiger charge is 1.18. The maximum absolute atomic E-state index is 8.64. The van der Waals surface area contributed by atoms with Gasteiger partial charge in [-0.15, -0.1) is 0 Å². The maximum Gasteiger partial charge on any atom is 0.325 e. The van der Waals surface area contributed by atoms with Crippen LogP contribution in [0.1, 0.15) is 0 Å². The van der Waals surface area contributed by atoms with E-state index in [-0.39, 0.29) is 12.4 Å². The predicted octanol–water partition coefficient (Wildman–Crippen LogP) is -3.07. The van der Waals surface area contributed by atoms with E-state index in [9.17, 15) is 0 Å². The first-order valence-electron chi connectivity index (χ1n) is 0.493. The third-order valence-electron chi connectivity index (χ3n) is 0. The molecule has 0 aromatic carbocycles. The van der Waals surface area contributed by atoms with Gasteiger partial charge in [-0.2, -0.15) is 4.79 Å². The highest BCUT2D eigenvalue weighted by Crippen LogP contribution is 1.28. The highest BCUT2D eigenvalue weighted by molar-refractivity contribution is 7.16. The van der Waals surface area contributed by atoms with Crippen molar-refractivity contribution in [2.45, 2.75) is 0 Å². The Kier molecular flexibility index (Phi) is 24.3. The Balaban J connectivity index is 0. The molecule has 0 N–H and O–H groups in total. The molecule has 0 radical (unpaired) electrons. The zero-order chi connectivity index (χ0) is 2.71. The molecular formula is CH2ClOP. The van der Waals surface area contributed by atoms with Crippen molar-refractivity contribution in [2.24, 2.45) is 0 Å². The van der Waals surface area contributed by atoms with Gasteiger partial charge in [0.2, 0.25) is 0 Å². The highest BCUT2D eigenvalue weighted by atomic mass is 35.5. The van der Waals surface area contributed by atoms with E-state index in [1.54, 1.807) is 8.86 Å². The smallest absolute Gasteiger partial charge is 0.325 e. The van der Waals surface area contributed by atoms with Crippen LogP contribution >= 0.6 is 8.86 Å². The summed E-state index contributed by atoms with van der Waals surface area (Å²) in [4.78, 5) is 8.64. The van der Waals surface area contributed by atoms with Crippen molar-refractivity contribution in [3.8, 4) is 0 Å². The van der Waals surface area contributed by atoms with Crippen LogP contribution in [0.4, 0.5) is 0 Å². The van der Waals surface area contributed by atoms with Gasteiger partial charge in [-0.25, -0.2) is 0 Å². The van der Waals surface area contributed by atoms with Crippen LogP contribution < -0.4 is 12.4 Å². The van der Waals surface area contributed by atoms with E-state index in [1.165, 1.54) is 5.66 Å². The predicted molar refractivity (Wildman–Crippen MR) is 15.4 cm³/mol. The zero-order valence-corrected chi connectivity index (χ0v) is 3.77. The molecule has 1 unspecified atom stereocenters. The molecule has 0 amide bonds. The molecule has 1 atom stereocenters. The fourth-order valence-electron chi connectivity index (χ4n) is 0. The number of halogens is 1. The largest absolute Gasteiger partial charge is 1.00 e. The topological polar surface area (TPSA) is 17.1 Å². The normalized spacial score (nSPS) is 2.00. The Labute approximate surface area is 32.6 Å². The minimum absolute atomic E-state index is 0. The fourth-order valence-corrected chi connectivity index (χ4v) is 0. The minimum atomic E-state index is 0. The SMILES string of the molecule is O=C=[PH2+].[Cl-]. The van der Waals surface area contributed by atoms with Gasteiger partial charge in [-0.05, 0) is 0 Å². The fraction of sp³-hybridized carbons (Fsp3) is 0. The lowest BCUT2D eigenvalue weighted by Crippen LogP contribution is -3.00. The molecule has 3 heteroatoms. The molecule has 1 nitrogen and oxygen atoms in total. The Bertz CT molecular complexity index is 29.0. The molecule has 0 aromatic rings. The van der Waals surface area contributed by atoms with Crippen molar-refractivity contribution in [3.05, 3.63) is 0 Å². The number of hydrogen-bond donors (Lipinski definition) is 0. The minimum Gasteiger partial charge on any atom is -1.00 e. The third kappa shape index (κ3) is 103. The van der Waals surface area contributed by atoms with Gasteiger partial charge in [-0.1, -0.05) is 0 Å². The molecule has 4 heavy (non-hydrogen) atoms. The summed E-state index contributed by atoms with van der Waals surface area (Å²) in [6, 6.07) is 0. The van der Waals surface area contributed by atoms with Gasteiger partial charge in [0.25, 0.3) is 0 Å². The standard InChI is InChI=1S/CHOP.ClH/c2-1-3;/h3H;1H. The van der Waals surface area contributed by atoms with Gasteiger partial charge >= 0.3 is 5.66 Å². The van der Waals surface area contributed by atoms with E-state index in [4.69, 9.17) is 4.79 Å². The van der Waals surface area contributed by atoms with E-state index < -0.39 is 0 Å². The molecule has 0 saturated heterocycles. The molecule has 0 aliphatic rings. The zero-order valence-electron chi connectivity index (χ0n) is 1.86. The summed E-state index contributed by atoms with van der Waals surface area (Å²) in [6.07, 6.45) is 0. The molecule has 0 aromatic heterocycles. The summed E-state index contributed by atoms with van der Waals surface area (Å²) in [7, 11) is 1.77. The van der Waals surface area contributed by atoms with Crippen LogP contribution in [-0.4, -0.2) is 5.66 Å². The quantitative estimate of drug-likeness (QED) is 0.293. The molecule has 0 spiro atoms. The van der Waals surface area contributed by atoms with Crippen molar-refractivity contribution in [1.82, 2.24) is 0 Å². The van der Waals surface area contributed by atoms with E-state index in [0.29, 0.717) is 0 Å². The lowest BCUT2D eigenvalue weighted by molar-refractivity contribution is -0.00000160. The van der Waals surface area contributed by atoms with Crippen LogP contribution in [0, 0.1) is 0 Å². The molecule has 0 rings (SSSR count). The second kappa shape index (κ2) is 10.9. The third-order valence-corrected chi connectivity index (χ3v) is 0.